The maximum Gasteiger partial charge on any atom is 0.134 e. The number of aldehydes is 3. The Hall–Kier alpha value is -0.990. The Morgan fingerprint density at radius 3 is 2.08 bits per heavy atom. The molecule has 0 saturated heterocycles. The Labute approximate surface area is 76.5 Å². The van der Waals surface area contributed by atoms with Crippen molar-refractivity contribution in [2.24, 2.45) is 16.7 Å². The Morgan fingerprint density at radius 2 is 1.69 bits per heavy atom. The van der Waals surface area contributed by atoms with Crippen molar-refractivity contribution in [3.8, 4) is 0 Å². The summed E-state index contributed by atoms with van der Waals surface area (Å²) in [5.41, 5.74) is -1.64. The Bertz CT molecular complexity index is 263. The van der Waals surface area contributed by atoms with Crippen molar-refractivity contribution in [3.05, 3.63) is 0 Å². The van der Waals surface area contributed by atoms with Gasteiger partial charge < -0.3 is 14.4 Å². The van der Waals surface area contributed by atoms with Gasteiger partial charge in [-0.1, -0.05) is 0 Å². The van der Waals surface area contributed by atoms with Crippen LogP contribution in [-0.4, -0.2) is 18.9 Å². The number of fused-ring (bicyclic) bond motifs is 2. The van der Waals surface area contributed by atoms with Crippen molar-refractivity contribution in [2.75, 3.05) is 0 Å². The molecule has 0 aromatic heterocycles. The maximum absolute atomic E-state index is 11.0. The van der Waals surface area contributed by atoms with Crippen LogP contribution in [-0.2, 0) is 14.4 Å². The van der Waals surface area contributed by atoms with Crippen molar-refractivity contribution >= 4 is 18.9 Å². The highest BCUT2D eigenvalue weighted by atomic mass is 16.1. The summed E-state index contributed by atoms with van der Waals surface area (Å²) in [4.78, 5) is 32.9. The zero-order valence-electron chi connectivity index (χ0n) is 7.36. The van der Waals surface area contributed by atoms with E-state index < -0.39 is 10.8 Å². The second-order valence-electron chi connectivity index (χ2n) is 4.36. The molecule has 0 aromatic carbocycles. The SMILES string of the molecule is O=CC1(C=O)CC2CCC1(C=O)C2. The lowest BCUT2D eigenvalue weighted by atomic mass is 9.65. The summed E-state index contributed by atoms with van der Waals surface area (Å²) in [6.45, 7) is 0. The normalized spacial score (nSPS) is 40.2. The summed E-state index contributed by atoms with van der Waals surface area (Å²) in [5.74, 6) is 0.403. The molecule has 0 heterocycles. The molecule has 2 atom stereocenters. The number of carbonyl (C=O) groups is 3. The van der Waals surface area contributed by atoms with Crippen molar-refractivity contribution in [3.63, 3.8) is 0 Å². The summed E-state index contributed by atoms with van der Waals surface area (Å²) < 4.78 is 0. The predicted octanol–water partition coefficient (Wildman–Crippen LogP) is 0.760. The average Bonchev–Trinajstić information content (AvgIpc) is 2.73. The van der Waals surface area contributed by atoms with E-state index in [0.717, 1.165) is 19.1 Å². The largest absolute Gasteiger partial charge is 0.303 e. The Kier molecular flexibility index (Phi) is 1.65. The van der Waals surface area contributed by atoms with Crippen LogP contribution in [0.5, 0.6) is 0 Å². The predicted molar refractivity (Wildman–Crippen MR) is 45.0 cm³/mol. The number of rotatable bonds is 3. The minimum atomic E-state index is -0.988. The first-order valence-corrected chi connectivity index (χ1v) is 4.61. The van der Waals surface area contributed by atoms with Gasteiger partial charge in [-0.15, -0.1) is 0 Å². The van der Waals surface area contributed by atoms with E-state index in [-0.39, 0.29) is 0 Å². The molecule has 2 rings (SSSR count). The molecular formula is C10H12O3. The van der Waals surface area contributed by atoms with Gasteiger partial charge in [0.25, 0.3) is 0 Å². The Balaban J connectivity index is 2.46. The van der Waals surface area contributed by atoms with Gasteiger partial charge >= 0.3 is 0 Å². The van der Waals surface area contributed by atoms with Crippen LogP contribution in [0.15, 0.2) is 0 Å². The van der Waals surface area contributed by atoms with Crippen LogP contribution in [0.25, 0.3) is 0 Å². The van der Waals surface area contributed by atoms with Gasteiger partial charge in [-0.2, -0.15) is 0 Å². The lowest BCUT2D eigenvalue weighted by Crippen LogP contribution is -2.42. The summed E-state index contributed by atoms with van der Waals surface area (Å²) in [6, 6.07) is 0. The lowest BCUT2D eigenvalue weighted by Gasteiger charge is -2.34. The van der Waals surface area contributed by atoms with E-state index in [1.165, 1.54) is 0 Å². The zero-order chi connectivity index (χ0) is 9.53. The fraction of sp³-hybridized carbons (Fsp3) is 0.700. The topological polar surface area (TPSA) is 51.2 Å². The molecule has 70 valence electrons. The Morgan fingerprint density at radius 1 is 1.00 bits per heavy atom. The average molecular weight is 180 g/mol. The van der Waals surface area contributed by atoms with E-state index in [1.807, 2.05) is 0 Å². The van der Waals surface area contributed by atoms with E-state index >= 15 is 0 Å². The zero-order valence-corrected chi connectivity index (χ0v) is 7.36. The smallest absolute Gasteiger partial charge is 0.134 e. The molecule has 3 heteroatoms. The molecule has 2 aliphatic carbocycles. The van der Waals surface area contributed by atoms with Crippen LogP contribution in [0.3, 0.4) is 0 Å². The number of hydrogen-bond donors (Lipinski definition) is 0. The van der Waals surface area contributed by atoms with Crippen LogP contribution >= 0.6 is 0 Å². The third-order valence-corrected chi connectivity index (χ3v) is 3.85. The highest BCUT2D eigenvalue weighted by Gasteiger charge is 2.62. The van der Waals surface area contributed by atoms with Gasteiger partial charge in [0, 0.05) is 5.41 Å². The molecule has 0 spiro atoms. The van der Waals surface area contributed by atoms with Crippen molar-refractivity contribution in [1.29, 1.82) is 0 Å². The van der Waals surface area contributed by atoms with E-state index in [9.17, 15) is 14.4 Å². The molecule has 2 fully saturated rings. The van der Waals surface area contributed by atoms with Crippen molar-refractivity contribution < 1.29 is 14.4 Å². The molecule has 2 unspecified atom stereocenters. The molecule has 13 heavy (non-hydrogen) atoms. The van der Waals surface area contributed by atoms with Crippen LogP contribution < -0.4 is 0 Å². The van der Waals surface area contributed by atoms with Gasteiger partial charge in [-0.3, -0.25) is 0 Å². The van der Waals surface area contributed by atoms with E-state index in [4.69, 9.17) is 0 Å². The number of hydrogen-bond acceptors (Lipinski definition) is 3. The molecule has 2 saturated carbocycles. The molecule has 0 radical (unpaired) electrons. The first-order valence-electron chi connectivity index (χ1n) is 4.61. The molecule has 2 bridgehead atoms. The summed E-state index contributed by atoms with van der Waals surface area (Å²) in [6.07, 6.45) is 5.22. The van der Waals surface area contributed by atoms with Gasteiger partial charge in [0.15, 0.2) is 0 Å². The summed E-state index contributed by atoms with van der Waals surface area (Å²) >= 11 is 0. The molecule has 2 aliphatic rings. The number of carbonyl (C=O) groups excluding carboxylic acids is 3. The highest BCUT2D eigenvalue weighted by molar-refractivity contribution is 5.91. The first kappa shape index (κ1) is 8.60. The highest BCUT2D eigenvalue weighted by Crippen LogP contribution is 2.61. The van der Waals surface area contributed by atoms with Crippen LogP contribution in [0.4, 0.5) is 0 Å². The van der Waals surface area contributed by atoms with Crippen molar-refractivity contribution in [2.45, 2.75) is 25.7 Å². The first-order chi connectivity index (χ1) is 6.22. The fourth-order valence-corrected chi connectivity index (χ4v) is 3.03. The van der Waals surface area contributed by atoms with Gasteiger partial charge in [-0.25, -0.2) is 0 Å². The van der Waals surface area contributed by atoms with Gasteiger partial charge in [0.1, 0.15) is 18.9 Å². The van der Waals surface area contributed by atoms with Gasteiger partial charge in [-0.05, 0) is 31.6 Å². The fourth-order valence-electron chi connectivity index (χ4n) is 3.03. The maximum atomic E-state index is 11.0. The van der Waals surface area contributed by atoms with Crippen molar-refractivity contribution in [1.82, 2.24) is 0 Å². The summed E-state index contributed by atoms with van der Waals surface area (Å²) in [7, 11) is 0. The second-order valence-corrected chi connectivity index (χ2v) is 4.36. The quantitative estimate of drug-likeness (QED) is 0.476. The van der Waals surface area contributed by atoms with E-state index in [1.54, 1.807) is 0 Å². The monoisotopic (exact) mass is 180 g/mol. The molecule has 0 amide bonds. The second kappa shape index (κ2) is 2.50. The molecule has 0 aliphatic heterocycles. The standard InChI is InChI=1S/C10H12O3/c11-5-9-2-1-8(3-9)4-10(9,6-12)7-13/h5-8H,1-4H2. The minimum Gasteiger partial charge on any atom is -0.303 e. The molecule has 0 aromatic rings. The molecular weight excluding hydrogens is 168 g/mol. The molecule has 0 N–H and O–H groups in total. The van der Waals surface area contributed by atoms with Gasteiger partial charge in [0.05, 0.1) is 5.41 Å². The van der Waals surface area contributed by atoms with Gasteiger partial charge in [0.2, 0.25) is 0 Å². The third-order valence-electron chi connectivity index (χ3n) is 3.85. The third kappa shape index (κ3) is 0.820. The molecule has 3 nitrogen and oxygen atoms in total. The van der Waals surface area contributed by atoms with Crippen LogP contribution in [0.1, 0.15) is 25.7 Å². The van der Waals surface area contributed by atoms with Crippen LogP contribution in [0, 0.1) is 16.7 Å². The lowest BCUT2D eigenvalue weighted by molar-refractivity contribution is -0.140. The van der Waals surface area contributed by atoms with E-state index in [2.05, 4.69) is 0 Å². The summed E-state index contributed by atoms with van der Waals surface area (Å²) in [5, 5.41) is 0. The van der Waals surface area contributed by atoms with Crippen LogP contribution in [0.2, 0.25) is 0 Å². The minimum absolute atomic E-state index is 0.403. The van der Waals surface area contributed by atoms with E-state index in [0.29, 0.717) is 31.3 Å².